The van der Waals surface area contributed by atoms with Crippen molar-refractivity contribution in [2.24, 2.45) is 0 Å². The fraction of sp³-hybridized carbons (Fsp3) is 0.600. The van der Waals surface area contributed by atoms with E-state index in [0.29, 0.717) is 6.04 Å². The van der Waals surface area contributed by atoms with Crippen molar-refractivity contribution in [1.82, 2.24) is 5.32 Å². The van der Waals surface area contributed by atoms with Gasteiger partial charge in [-0.2, -0.15) is 0 Å². The van der Waals surface area contributed by atoms with Crippen LogP contribution < -0.4 is 5.32 Å². The Kier molecular flexibility index (Phi) is 3.65. The summed E-state index contributed by atoms with van der Waals surface area (Å²) in [5.41, 5.74) is 4.58. The van der Waals surface area contributed by atoms with E-state index in [2.05, 4.69) is 44.4 Å². The molecule has 1 aromatic carbocycles. The van der Waals surface area contributed by atoms with Gasteiger partial charge in [0.15, 0.2) is 0 Å². The van der Waals surface area contributed by atoms with Gasteiger partial charge >= 0.3 is 0 Å². The van der Waals surface area contributed by atoms with Gasteiger partial charge in [-0.15, -0.1) is 0 Å². The Morgan fingerprint density at radius 2 is 2.25 bits per heavy atom. The molecule has 1 heteroatoms. The molecule has 1 aliphatic carbocycles. The Labute approximate surface area is 99.3 Å². The second kappa shape index (κ2) is 5.01. The number of nitrogens with one attached hydrogen (secondary N) is 1. The van der Waals surface area contributed by atoms with Crippen molar-refractivity contribution >= 4 is 0 Å². The van der Waals surface area contributed by atoms with Crippen LogP contribution in [0.5, 0.6) is 0 Å². The summed E-state index contributed by atoms with van der Waals surface area (Å²) in [5, 5.41) is 3.51. The highest BCUT2D eigenvalue weighted by atomic mass is 14.9. The van der Waals surface area contributed by atoms with Crippen molar-refractivity contribution in [2.75, 3.05) is 7.05 Å². The van der Waals surface area contributed by atoms with Crippen LogP contribution in [-0.4, -0.2) is 13.1 Å². The van der Waals surface area contributed by atoms with Gasteiger partial charge in [0.2, 0.25) is 0 Å². The molecule has 0 saturated heterocycles. The number of fused-ring (bicyclic) bond motifs is 1. The second-order valence-electron chi connectivity index (χ2n) is 5.03. The molecule has 88 valence electrons. The Hall–Kier alpha value is -0.820. The minimum atomic E-state index is 0.660. The molecule has 0 heterocycles. The Bertz CT molecular complexity index is 356. The number of likely N-dealkylation sites (N-methyl/N-ethyl adjacent to an activating group) is 1. The molecule has 1 N–H and O–H groups in total. The largest absolute Gasteiger partial charge is 0.316 e. The summed E-state index contributed by atoms with van der Waals surface area (Å²) in [6, 6.07) is 7.62. The molecule has 16 heavy (non-hydrogen) atoms. The van der Waals surface area contributed by atoms with E-state index in [1.165, 1.54) is 31.2 Å². The van der Waals surface area contributed by atoms with E-state index >= 15 is 0 Å². The third-order valence-corrected chi connectivity index (χ3v) is 3.88. The minimum absolute atomic E-state index is 0.660. The van der Waals surface area contributed by atoms with Crippen molar-refractivity contribution < 1.29 is 0 Å². The SMILES string of the molecule is CCCC(NC)C1CCc2ccc(C)cc21. The van der Waals surface area contributed by atoms with Crippen LogP contribution in [0.1, 0.15) is 48.8 Å². The summed E-state index contributed by atoms with van der Waals surface area (Å²) in [4.78, 5) is 0. The molecule has 1 aromatic rings. The lowest BCUT2D eigenvalue weighted by Gasteiger charge is -2.23. The molecule has 2 unspecified atom stereocenters. The van der Waals surface area contributed by atoms with Crippen LogP contribution >= 0.6 is 0 Å². The number of benzene rings is 1. The third kappa shape index (κ3) is 2.15. The number of rotatable bonds is 4. The molecule has 0 amide bonds. The van der Waals surface area contributed by atoms with Gasteiger partial charge in [0.05, 0.1) is 0 Å². The van der Waals surface area contributed by atoms with Crippen molar-refractivity contribution in [2.45, 2.75) is 51.5 Å². The third-order valence-electron chi connectivity index (χ3n) is 3.88. The van der Waals surface area contributed by atoms with Gasteiger partial charge in [0.25, 0.3) is 0 Å². The minimum Gasteiger partial charge on any atom is -0.316 e. The predicted octanol–water partition coefficient (Wildman–Crippen LogP) is 3.41. The zero-order valence-corrected chi connectivity index (χ0v) is 10.7. The average molecular weight is 217 g/mol. The first-order valence-corrected chi connectivity index (χ1v) is 6.53. The molecule has 2 atom stereocenters. The normalized spacial score (nSPS) is 20.8. The first-order valence-electron chi connectivity index (χ1n) is 6.53. The fourth-order valence-electron chi connectivity index (χ4n) is 3.03. The van der Waals surface area contributed by atoms with Crippen LogP contribution in [-0.2, 0) is 6.42 Å². The van der Waals surface area contributed by atoms with Crippen molar-refractivity contribution in [3.63, 3.8) is 0 Å². The average Bonchev–Trinajstić information content (AvgIpc) is 2.69. The van der Waals surface area contributed by atoms with E-state index in [0.717, 1.165) is 5.92 Å². The van der Waals surface area contributed by atoms with Crippen LogP contribution in [0.25, 0.3) is 0 Å². The van der Waals surface area contributed by atoms with Crippen molar-refractivity contribution in [1.29, 1.82) is 0 Å². The topological polar surface area (TPSA) is 12.0 Å². The zero-order chi connectivity index (χ0) is 11.5. The Balaban J connectivity index is 2.24. The van der Waals surface area contributed by atoms with E-state index in [1.54, 1.807) is 11.1 Å². The smallest absolute Gasteiger partial charge is 0.0133 e. The lowest BCUT2D eigenvalue weighted by Crippen LogP contribution is -2.30. The summed E-state index contributed by atoms with van der Waals surface area (Å²) in [5.74, 6) is 0.736. The van der Waals surface area contributed by atoms with Crippen LogP contribution in [0.4, 0.5) is 0 Å². The first-order chi connectivity index (χ1) is 7.76. The van der Waals surface area contributed by atoms with E-state index in [1.807, 2.05) is 0 Å². The summed E-state index contributed by atoms with van der Waals surface area (Å²) in [6.45, 7) is 4.47. The molecular weight excluding hydrogens is 194 g/mol. The molecule has 0 spiro atoms. The van der Waals surface area contributed by atoms with E-state index < -0.39 is 0 Å². The molecule has 0 bridgehead atoms. The highest BCUT2D eigenvalue weighted by Crippen LogP contribution is 2.37. The lowest BCUT2D eigenvalue weighted by atomic mass is 9.90. The molecule has 0 saturated carbocycles. The summed E-state index contributed by atoms with van der Waals surface area (Å²) in [7, 11) is 2.11. The van der Waals surface area contributed by atoms with Gasteiger partial charge in [-0.1, -0.05) is 37.1 Å². The van der Waals surface area contributed by atoms with Gasteiger partial charge in [-0.25, -0.2) is 0 Å². The van der Waals surface area contributed by atoms with Crippen LogP contribution in [0.15, 0.2) is 18.2 Å². The van der Waals surface area contributed by atoms with E-state index in [-0.39, 0.29) is 0 Å². The van der Waals surface area contributed by atoms with Gasteiger partial charge in [0, 0.05) is 6.04 Å². The summed E-state index contributed by atoms with van der Waals surface area (Å²) in [6.07, 6.45) is 5.14. The highest BCUT2D eigenvalue weighted by Gasteiger charge is 2.28. The van der Waals surface area contributed by atoms with Crippen LogP contribution in [0, 0.1) is 6.92 Å². The summed E-state index contributed by atoms with van der Waals surface area (Å²) < 4.78 is 0. The number of hydrogen-bond donors (Lipinski definition) is 1. The molecule has 0 aliphatic heterocycles. The maximum absolute atomic E-state index is 3.51. The lowest BCUT2D eigenvalue weighted by molar-refractivity contribution is 0.429. The van der Waals surface area contributed by atoms with Gasteiger partial charge in [0.1, 0.15) is 0 Å². The van der Waals surface area contributed by atoms with Crippen LogP contribution in [0.2, 0.25) is 0 Å². The maximum Gasteiger partial charge on any atom is 0.0133 e. The van der Waals surface area contributed by atoms with Gasteiger partial charge in [-0.05, 0) is 50.3 Å². The first kappa shape index (κ1) is 11.7. The van der Waals surface area contributed by atoms with Crippen LogP contribution in [0.3, 0.4) is 0 Å². The Morgan fingerprint density at radius 1 is 1.44 bits per heavy atom. The summed E-state index contributed by atoms with van der Waals surface area (Å²) >= 11 is 0. The molecule has 1 aliphatic rings. The molecule has 0 aromatic heterocycles. The quantitative estimate of drug-likeness (QED) is 0.815. The molecule has 0 radical (unpaired) electrons. The monoisotopic (exact) mass is 217 g/mol. The molecule has 0 fully saturated rings. The molecule has 2 rings (SSSR count). The predicted molar refractivity (Wildman–Crippen MR) is 70.0 cm³/mol. The maximum atomic E-state index is 3.51. The molecule has 1 nitrogen and oxygen atoms in total. The number of hydrogen-bond acceptors (Lipinski definition) is 1. The standard InChI is InChI=1S/C15H23N/c1-4-5-15(16-3)13-9-8-12-7-6-11(2)10-14(12)13/h6-7,10,13,15-16H,4-5,8-9H2,1-3H3. The molecular formula is C15H23N. The van der Waals surface area contributed by atoms with E-state index in [4.69, 9.17) is 0 Å². The van der Waals surface area contributed by atoms with Crippen molar-refractivity contribution in [3.8, 4) is 0 Å². The van der Waals surface area contributed by atoms with Gasteiger partial charge in [-0.3, -0.25) is 0 Å². The Morgan fingerprint density at radius 3 is 2.94 bits per heavy atom. The van der Waals surface area contributed by atoms with E-state index in [9.17, 15) is 0 Å². The van der Waals surface area contributed by atoms with Crippen molar-refractivity contribution in [3.05, 3.63) is 34.9 Å². The highest BCUT2D eigenvalue weighted by molar-refractivity contribution is 5.39. The van der Waals surface area contributed by atoms with Gasteiger partial charge < -0.3 is 5.32 Å². The second-order valence-corrected chi connectivity index (χ2v) is 5.03. The zero-order valence-electron chi connectivity index (χ0n) is 10.7. The number of aryl methyl sites for hydroxylation is 2. The fourth-order valence-corrected chi connectivity index (χ4v) is 3.03.